The summed E-state index contributed by atoms with van der Waals surface area (Å²) in [7, 11) is 0. The number of hydrogen-bond donors (Lipinski definition) is 2. The highest BCUT2D eigenvalue weighted by Gasteiger charge is 2.06. The van der Waals surface area contributed by atoms with Crippen LogP contribution >= 0.6 is 0 Å². The van der Waals surface area contributed by atoms with E-state index in [2.05, 4.69) is 17.2 Å². The second-order valence-corrected chi connectivity index (χ2v) is 4.33. The number of carbonyl (C=O) groups excluding carboxylic acids is 1. The van der Waals surface area contributed by atoms with Gasteiger partial charge in [0.05, 0.1) is 18.4 Å². The molecule has 0 bridgehead atoms. The number of aryl methyl sites for hydroxylation is 1. The highest BCUT2D eigenvalue weighted by Crippen LogP contribution is 2.14. The largest absolute Gasteiger partial charge is 0.469 e. The molecule has 1 amide bonds. The highest BCUT2D eigenvalue weighted by atomic mass is 19.1. The molecular formula is C16H15FN2O2. The van der Waals surface area contributed by atoms with E-state index in [0.717, 1.165) is 5.76 Å². The molecule has 0 aliphatic heterocycles. The van der Waals surface area contributed by atoms with Crippen molar-refractivity contribution in [3.05, 3.63) is 53.7 Å². The average molecular weight is 286 g/mol. The third-order valence-corrected chi connectivity index (χ3v) is 2.75. The Hall–Kier alpha value is -2.58. The van der Waals surface area contributed by atoms with Crippen LogP contribution in [-0.4, -0.2) is 12.5 Å². The normalized spacial score (nSPS) is 9.81. The topological polar surface area (TPSA) is 68.3 Å². The lowest BCUT2D eigenvalue weighted by molar-refractivity contribution is -0.116. The number of nitrogens with two attached hydrogens (primary N) is 1. The molecule has 2 rings (SSSR count). The Bertz CT molecular complexity index is 669. The van der Waals surface area contributed by atoms with E-state index in [9.17, 15) is 9.18 Å². The first-order chi connectivity index (χ1) is 10.2. The number of rotatable bonds is 4. The molecule has 3 N–H and O–H groups in total. The van der Waals surface area contributed by atoms with Gasteiger partial charge in [0.1, 0.15) is 11.6 Å². The van der Waals surface area contributed by atoms with Crippen molar-refractivity contribution in [1.29, 1.82) is 0 Å². The van der Waals surface area contributed by atoms with Crippen molar-refractivity contribution in [3.8, 4) is 11.8 Å². The van der Waals surface area contributed by atoms with Crippen LogP contribution in [0.1, 0.15) is 17.7 Å². The molecule has 0 atom stereocenters. The predicted octanol–water partition coefficient (Wildman–Crippen LogP) is 2.30. The number of benzene rings is 1. The summed E-state index contributed by atoms with van der Waals surface area (Å²) in [4.78, 5) is 11.8. The lowest BCUT2D eigenvalue weighted by Gasteiger charge is -2.05. The van der Waals surface area contributed by atoms with Gasteiger partial charge in [0, 0.05) is 18.5 Å². The maximum Gasteiger partial charge on any atom is 0.224 e. The molecule has 5 heteroatoms. The molecule has 1 heterocycles. The molecule has 0 saturated heterocycles. The fraction of sp³-hybridized carbons (Fsp3) is 0.188. The molecule has 0 saturated carbocycles. The highest BCUT2D eigenvalue weighted by molar-refractivity contribution is 5.91. The van der Waals surface area contributed by atoms with Gasteiger partial charge < -0.3 is 15.5 Å². The van der Waals surface area contributed by atoms with E-state index in [1.54, 1.807) is 12.3 Å². The Morgan fingerprint density at radius 1 is 1.38 bits per heavy atom. The molecule has 0 aliphatic rings. The van der Waals surface area contributed by atoms with Crippen LogP contribution < -0.4 is 11.1 Å². The van der Waals surface area contributed by atoms with Crippen molar-refractivity contribution in [1.82, 2.24) is 0 Å². The standard InChI is InChI=1S/C16H15FN2O2/c17-15-7-5-13(11-12(15)3-1-9-18)19-16(20)8-6-14-4-2-10-21-14/h2,4-5,7,10-11H,6,8-9,18H2,(H,19,20). The van der Waals surface area contributed by atoms with Gasteiger partial charge in [0.25, 0.3) is 0 Å². The number of halogens is 1. The summed E-state index contributed by atoms with van der Waals surface area (Å²) in [6.45, 7) is 0.152. The molecular weight excluding hydrogens is 271 g/mol. The van der Waals surface area contributed by atoms with Crippen LogP contribution in [0.3, 0.4) is 0 Å². The molecule has 1 aromatic heterocycles. The number of amides is 1. The summed E-state index contributed by atoms with van der Waals surface area (Å²) in [6, 6.07) is 7.83. The number of anilines is 1. The van der Waals surface area contributed by atoms with Crippen LogP contribution in [0.4, 0.5) is 10.1 Å². The minimum Gasteiger partial charge on any atom is -0.469 e. The minimum atomic E-state index is -0.440. The SMILES string of the molecule is NCC#Cc1cc(NC(=O)CCc2ccco2)ccc1F. The van der Waals surface area contributed by atoms with Crippen LogP contribution in [0.15, 0.2) is 41.0 Å². The predicted molar refractivity (Wildman–Crippen MR) is 78.0 cm³/mol. The maximum absolute atomic E-state index is 13.5. The minimum absolute atomic E-state index is 0.152. The van der Waals surface area contributed by atoms with E-state index in [1.807, 2.05) is 6.07 Å². The summed E-state index contributed by atoms with van der Waals surface area (Å²) in [6.07, 6.45) is 2.37. The van der Waals surface area contributed by atoms with Crippen molar-refractivity contribution in [3.63, 3.8) is 0 Å². The Kier molecular flexibility index (Phi) is 5.13. The molecule has 108 valence electrons. The first-order valence-electron chi connectivity index (χ1n) is 6.50. The summed E-state index contributed by atoms with van der Waals surface area (Å²) < 4.78 is 18.6. The first kappa shape index (κ1) is 14.8. The first-order valence-corrected chi connectivity index (χ1v) is 6.50. The molecule has 0 fully saturated rings. The molecule has 0 aliphatic carbocycles. The zero-order valence-electron chi connectivity index (χ0n) is 11.4. The number of hydrogen-bond acceptors (Lipinski definition) is 3. The molecule has 21 heavy (non-hydrogen) atoms. The lowest BCUT2D eigenvalue weighted by atomic mass is 10.1. The van der Waals surface area contributed by atoms with E-state index >= 15 is 0 Å². The summed E-state index contributed by atoms with van der Waals surface area (Å²) in [5, 5.41) is 2.70. The fourth-order valence-corrected chi connectivity index (χ4v) is 1.76. The van der Waals surface area contributed by atoms with Crippen LogP contribution in [0.25, 0.3) is 0 Å². The smallest absolute Gasteiger partial charge is 0.224 e. The van der Waals surface area contributed by atoms with Gasteiger partial charge in [0.15, 0.2) is 0 Å². The number of nitrogens with one attached hydrogen (secondary N) is 1. The monoisotopic (exact) mass is 286 g/mol. The third kappa shape index (κ3) is 4.48. The second-order valence-electron chi connectivity index (χ2n) is 4.33. The summed E-state index contributed by atoms with van der Waals surface area (Å²) in [5.41, 5.74) is 5.97. The zero-order chi connectivity index (χ0) is 15.1. The van der Waals surface area contributed by atoms with Gasteiger partial charge >= 0.3 is 0 Å². The average Bonchev–Trinajstić information content (AvgIpc) is 2.99. The van der Waals surface area contributed by atoms with Crippen molar-refractivity contribution < 1.29 is 13.6 Å². The summed E-state index contributed by atoms with van der Waals surface area (Å²) >= 11 is 0. The van der Waals surface area contributed by atoms with E-state index in [4.69, 9.17) is 10.2 Å². The molecule has 1 aromatic carbocycles. The van der Waals surface area contributed by atoms with E-state index in [1.165, 1.54) is 18.2 Å². The van der Waals surface area contributed by atoms with Gasteiger partial charge in [-0.05, 0) is 30.3 Å². The van der Waals surface area contributed by atoms with Gasteiger partial charge in [0.2, 0.25) is 5.91 Å². The van der Waals surface area contributed by atoms with Crippen molar-refractivity contribution in [2.45, 2.75) is 12.8 Å². The van der Waals surface area contributed by atoms with Crippen LogP contribution in [-0.2, 0) is 11.2 Å². The second kappa shape index (κ2) is 7.27. The Labute approximate surface area is 122 Å². The van der Waals surface area contributed by atoms with E-state index in [0.29, 0.717) is 12.1 Å². The number of furan rings is 1. The van der Waals surface area contributed by atoms with Gasteiger partial charge in [-0.3, -0.25) is 4.79 Å². The van der Waals surface area contributed by atoms with Crippen LogP contribution in [0, 0.1) is 17.7 Å². The number of carbonyl (C=O) groups is 1. The molecule has 4 nitrogen and oxygen atoms in total. The van der Waals surface area contributed by atoms with Crippen LogP contribution in [0.2, 0.25) is 0 Å². The van der Waals surface area contributed by atoms with Crippen molar-refractivity contribution in [2.24, 2.45) is 5.73 Å². The molecule has 2 aromatic rings. The zero-order valence-corrected chi connectivity index (χ0v) is 11.4. The van der Waals surface area contributed by atoms with Gasteiger partial charge in [-0.15, -0.1) is 0 Å². The molecule has 0 spiro atoms. The van der Waals surface area contributed by atoms with Gasteiger partial charge in [-0.2, -0.15) is 0 Å². The van der Waals surface area contributed by atoms with Crippen LogP contribution in [0.5, 0.6) is 0 Å². The maximum atomic E-state index is 13.5. The molecule has 0 unspecified atom stereocenters. The quantitative estimate of drug-likeness (QED) is 0.847. The van der Waals surface area contributed by atoms with Gasteiger partial charge in [-0.1, -0.05) is 11.8 Å². The Balaban J connectivity index is 1.97. The fourth-order valence-electron chi connectivity index (χ4n) is 1.76. The van der Waals surface area contributed by atoms with Crippen molar-refractivity contribution >= 4 is 11.6 Å². The van der Waals surface area contributed by atoms with Gasteiger partial charge in [-0.25, -0.2) is 4.39 Å². The Morgan fingerprint density at radius 2 is 2.24 bits per heavy atom. The van der Waals surface area contributed by atoms with Crippen molar-refractivity contribution in [2.75, 3.05) is 11.9 Å². The van der Waals surface area contributed by atoms with E-state index in [-0.39, 0.29) is 24.4 Å². The summed E-state index contributed by atoms with van der Waals surface area (Å²) in [5.74, 6) is 5.34. The third-order valence-electron chi connectivity index (χ3n) is 2.75. The van der Waals surface area contributed by atoms with E-state index < -0.39 is 5.82 Å². The molecule has 0 radical (unpaired) electrons. The lowest BCUT2D eigenvalue weighted by Crippen LogP contribution is -2.12. The Morgan fingerprint density at radius 3 is 2.95 bits per heavy atom.